The lowest BCUT2D eigenvalue weighted by molar-refractivity contribution is -0.384. The Morgan fingerprint density at radius 3 is 2.86 bits per heavy atom. The van der Waals surface area contributed by atoms with Gasteiger partial charge < -0.3 is 5.32 Å². The molecule has 0 spiro atoms. The molecule has 0 aliphatic rings. The van der Waals surface area contributed by atoms with Gasteiger partial charge in [0, 0.05) is 22.8 Å². The maximum atomic E-state index is 11.1. The van der Waals surface area contributed by atoms with E-state index in [0.29, 0.717) is 5.69 Å². The predicted molar refractivity (Wildman–Crippen MR) is 79.7 cm³/mol. The Morgan fingerprint density at radius 1 is 1.29 bits per heavy atom. The van der Waals surface area contributed by atoms with Gasteiger partial charge in [-0.3, -0.25) is 15.2 Å². The van der Waals surface area contributed by atoms with Crippen LogP contribution in [0.4, 0.5) is 17.2 Å². The number of nitrogens with zero attached hydrogens (tertiary/aromatic N) is 3. The first kappa shape index (κ1) is 13.0. The van der Waals surface area contributed by atoms with Crippen LogP contribution in [0.5, 0.6) is 0 Å². The molecule has 0 radical (unpaired) electrons. The van der Waals surface area contributed by atoms with E-state index in [0.717, 1.165) is 22.2 Å². The van der Waals surface area contributed by atoms with Crippen molar-refractivity contribution in [2.45, 2.75) is 13.8 Å². The zero-order valence-electron chi connectivity index (χ0n) is 11.5. The fourth-order valence-corrected chi connectivity index (χ4v) is 2.23. The zero-order chi connectivity index (χ0) is 15.0. The van der Waals surface area contributed by atoms with Crippen LogP contribution in [0.1, 0.15) is 11.3 Å². The second-order valence-electron chi connectivity index (χ2n) is 4.83. The Labute approximate surface area is 120 Å². The first-order valence-electron chi connectivity index (χ1n) is 6.37. The molecule has 2 N–H and O–H groups in total. The molecule has 3 aromatic rings. The Hall–Kier alpha value is -2.96. The van der Waals surface area contributed by atoms with Gasteiger partial charge in [-0.1, -0.05) is 0 Å². The van der Waals surface area contributed by atoms with Crippen molar-refractivity contribution in [3.63, 3.8) is 0 Å². The summed E-state index contributed by atoms with van der Waals surface area (Å²) in [5.41, 5.74) is 3.35. The number of anilines is 2. The zero-order valence-corrected chi connectivity index (χ0v) is 11.5. The van der Waals surface area contributed by atoms with Gasteiger partial charge in [-0.05, 0) is 37.6 Å². The maximum absolute atomic E-state index is 11.1. The number of H-pyrrole nitrogens is 1. The minimum absolute atomic E-state index is 0.0504. The fourth-order valence-electron chi connectivity index (χ4n) is 2.23. The molecule has 1 aromatic carbocycles. The highest BCUT2D eigenvalue weighted by molar-refractivity contribution is 5.86. The van der Waals surface area contributed by atoms with Crippen molar-refractivity contribution in [1.82, 2.24) is 15.2 Å². The number of hydrogen-bond acceptors (Lipinski definition) is 5. The molecule has 0 bridgehead atoms. The topological polar surface area (TPSA) is 96.7 Å². The summed E-state index contributed by atoms with van der Waals surface area (Å²) in [5.74, 6) is 0.238. The van der Waals surface area contributed by atoms with Crippen molar-refractivity contribution in [2.75, 3.05) is 5.32 Å². The SMILES string of the molecule is Cc1ccc([N+](=O)[O-])c(Nc2cc(C)c3[nH]ncc3c2)n1. The van der Waals surface area contributed by atoms with Gasteiger partial charge in [-0.15, -0.1) is 0 Å². The van der Waals surface area contributed by atoms with Crippen LogP contribution < -0.4 is 5.32 Å². The van der Waals surface area contributed by atoms with Crippen LogP contribution in [0, 0.1) is 24.0 Å². The Kier molecular flexibility index (Phi) is 3.02. The van der Waals surface area contributed by atoms with E-state index < -0.39 is 4.92 Å². The van der Waals surface area contributed by atoms with Crippen molar-refractivity contribution in [1.29, 1.82) is 0 Å². The third-order valence-corrected chi connectivity index (χ3v) is 3.22. The van der Waals surface area contributed by atoms with Gasteiger partial charge in [0.15, 0.2) is 0 Å². The van der Waals surface area contributed by atoms with E-state index in [1.54, 1.807) is 19.2 Å². The lowest BCUT2D eigenvalue weighted by Gasteiger charge is -2.08. The highest BCUT2D eigenvalue weighted by atomic mass is 16.6. The van der Waals surface area contributed by atoms with E-state index in [2.05, 4.69) is 20.5 Å². The molecule has 2 aromatic heterocycles. The van der Waals surface area contributed by atoms with E-state index >= 15 is 0 Å². The average molecular weight is 283 g/mol. The summed E-state index contributed by atoms with van der Waals surface area (Å²) in [5, 5.41) is 21.9. The number of nitrogens with one attached hydrogen (secondary N) is 2. The number of aromatic amines is 1. The molecule has 106 valence electrons. The summed E-state index contributed by atoms with van der Waals surface area (Å²) in [6, 6.07) is 6.84. The molecule has 0 atom stereocenters. The number of benzene rings is 1. The standard InChI is InChI=1S/C14H13N5O2/c1-8-5-11(6-10-7-15-18-13(8)10)17-14-12(19(20)21)4-3-9(2)16-14/h3-7H,1-2H3,(H,15,18)(H,16,17). The van der Waals surface area contributed by atoms with Crippen LogP contribution in [0.15, 0.2) is 30.5 Å². The molecule has 0 amide bonds. The molecule has 0 fully saturated rings. The fraction of sp³-hybridized carbons (Fsp3) is 0.143. The van der Waals surface area contributed by atoms with E-state index in [1.807, 2.05) is 19.1 Å². The summed E-state index contributed by atoms with van der Waals surface area (Å²) in [6.45, 7) is 3.74. The van der Waals surface area contributed by atoms with Gasteiger partial charge in [-0.2, -0.15) is 5.10 Å². The molecule has 0 aliphatic heterocycles. The lowest BCUT2D eigenvalue weighted by atomic mass is 10.1. The third kappa shape index (κ3) is 2.40. The van der Waals surface area contributed by atoms with Crippen molar-refractivity contribution < 1.29 is 4.92 Å². The Balaban J connectivity index is 2.05. The Morgan fingerprint density at radius 2 is 2.10 bits per heavy atom. The van der Waals surface area contributed by atoms with Gasteiger partial charge in [-0.25, -0.2) is 4.98 Å². The largest absolute Gasteiger partial charge is 0.334 e. The van der Waals surface area contributed by atoms with Crippen molar-refractivity contribution in [3.05, 3.63) is 51.8 Å². The molecule has 2 heterocycles. The highest BCUT2D eigenvalue weighted by Crippen LogP contribution is 2.28. The molecule has 3 rings (SSSR count). The normalized spacial score (nSPS) is 10.8. The first-order chi connectivity index (χ1) is 10.0. The molecule has 0 aliphatic carbocycles. The quantitative estimate of drug-likeness (QED) is 0.568. The van der Waals surface area contributed by atoms with Crippen LogP contribution in [0.2, 0.25) is 0 Å². The van der Waals surface area contributed by atoms with Crippen molar-refractivity contribution >= 4 is 28.1 Å². The van der Waals surface area contributed by atoms with Crippen LogP contribution in [-0.2, 0) is 0 Å². The minimum atomic E-state index is -0.446. The molecule has 0 saturated heterocycles. The van der Waals surface area contributed by atoms with Gasteiger partial charge in [0.2, 0.25) is 5.82 Å². The lowest BCUT2D eigenvalue weighted by Crippen LogP contribution is -2.01. The molecular weight excluding hydrogens is 270 g/mol. The first-order valence-corrected chi connectivity index (χ1v) is 6.37. The van der Waals surface area contributed by atoms with Crippen molar-refractivity contribution in [3.8, 4) is 0 Å². The summed E-state index contributed by atoms with van der Waals surface area (Å²) in [6.07, 6.45) is 1.71. The van der Waals surface area contributed by atoms with E-state index in [-0.39, 0.29) is 11.5 Å². The van der Waals surface area contributed by atoms with Crippen LogP contribution >= 0.6 is 0 Å². The predicted octanol–water partition coefficient (Wildman–Crippen LogP) is 3.23. The van der Waals surface area contributed by atoms with Crippen LogP contribution in [0.3, 0.4) is 0 Å². The molecule has 0 saturated carbocycles. The van der Waals surface area contributed by atoms with Crippen molar-refractivity contribution in [2.24, 2.45) is 0 Å². The second kappa shape index (κ2) is 4.86. The van der Waals surface area contributed by atoms with Gasteiger partial charge in [0.25, 0.3) is 0 Å². The molecule has 7 heteroatoms. The number of nitro groups is 1. The number of fused-ring (bicyclic) bond motifs is 1. The smallest absolute Gasteiger partial charge is 0.311 e. The van der Waals surface area contributed by atoms with Crippen LogP contribution in [0.25, 0.3) is 10.9 Å². The molecule has 0 unspecified atom stereocenters. The number of rotatable bonds is 3. The van der Waals surface area contributed by atoms with E-state index in [1.165, 1.54) is 6.07 Å². The Bertz CT molecular complexity index is 840. The number of pyridine rings is 1. The molecular formula is C14H13N5O2. The van der Waals surface area contributed by atoms with Gasteiger partial charge in [0.05, 0.1) is 16.6 Å². The van der Waals surface area contributed by atoms with Gasteiger partial charge >= 0.3 is 5.69 Å². The number of aromatic nitrogens is 3. The number of aryl methyl sites for hydroxylation is 2. The monoisotopic (exact) mass is 283 g/mol. The van der Waals surface area contributed by atoms with E-state index in [4.69, 9.17) is 0 Å². The highest BCUT2D eigenvalue weighted by Gasteiger charge is 2.16. The van der Waals surface area contributed by atoms with Gasteiger partial charge in [0.1, 0.15) is 0 Å². The minimum Gasteiger partial charge on any atom is -0.334 e. The average Bonchev–Trinajstić information content (AvgIpc) is 2.87. The summed E-state index contributed by atoms with van der Waals surface area (Å²) in [4.78, 5) is 14.8. The second-order valence-corrected chi connectivity index (χ2v) is 4.83. The maximum Gasteiger partial charge on any atom is 0.311 e. The number of hydrogen-bond donors (Lipinski definition) is 2. The molecule has 21 heavy (non-hydrogen) atoms. The summed E-state index contributed by atoms with van der Waals surface area (Å²) >= 11 is 0. The molecule has 7 nitrogen and oxygen atoms in total. The van der Waals surface area contributed by atoms with Crippen LogP contribution in [-0.4, -0.2) is 20.1 Å². The summed E-state index contributed by atoms with van der Waals surface area (Å²) < 4.78 is 0. The summed E-state index contributed by atoms with van der Waals surface area (Å²) in [7, 11) is 0. The van der Waals surface area contributed by atoms with E-state index in [9.17, 15) is 10.1 Å². The third-order valence-electron chi connectivity index (χ3n) is 3.22.